The van der Waals surface area contributed by atoms with Crippen LogP contribution in [-0.2, 0) is 7.05 Å². The van der Waals surface area contributed by atoms with E-state index in [1.807, 2.05) is 48.3 Å². The summed E-state index contributed by atoms with van der Waals surface area (Å²) in [6, 6.07) is 8.06. The first-order valence-electron chi connectivity index (χ1n) is 6.70. The highest BCUT2D eigenvalue weighted by atomic mass is 32.2. The number of nitrogens with zero attached hydrogens (tertiary/aromatic N) is 5. The van der Waals surface area contributed by atoms with Gasteiger partial charge in [-0.15, -0.1) is 10.2 Å². The molecule has 0 radical (unpaired) electrons. The summed E-state index contributed by atoms with van der Waals surface area (Å²) < 4.78 is 3.32. The molecule has 0 atom stereocenters. The summed E-state index contributed by atoms with van der Waals surface area (Å²) in [7, 11) is 1.98. The minimum Gasteiger partial charge on any atom is -0.350 e. The van der Waals surface area contributed by atoms with Gasteiger partial charge in [0.25, 0.3) is 5.56 Å². The first kappa shape index (κ1) is 14.5. The van der Waals surface area contributed by atoms with Crippen LogP contribution in [0.4, 0.5) is 0 Å². The number of hydrogen-bond donors (Lipinski definition) is 0. The molecule has 0 bridgehead atoms. The molecule has 7 heteroatoms. The lowest BCUT2D eigenvalue weighted by atomic mass is 10.2. The lowest BCUT2D eigenvalue weighted by molar-refractivity contribution is 0.635. The molecule has 0 N–H and O–H groups in total. The van der Waals surface area contributed by atoms with Crippen LogP contribution in [0.1, 0.15) is 11.3 Å². The highest BCUT2D eigenvalue weighted by Gasteiger charge is 2.08. The molecule has 112 valence electrons. The van der Waals surface area contributed by atoms with Crippen molar-refractivity contribution in [1.29, 1.82) is 0 Å². The van der Waals surface area contributed by atoms with E-state index in [9.17, 15) is 4.79 Å². The molecular weight excluding hydrogens is 298 g/mol. The van der Waals surface area contributed by atoms with Crippen molar-refractivity contribution in [2.24, 2.45) is 12.1 Å². The van der Waals surface area contributed by atoms with Crippen molar-refractivity contribution in [1.82, 2.24) is 19.4 Å². The Labute approximate surface area is 131 Å². The van der Waals surface area contributed by atoms with Gasteiger partial charge in [-0.05, 0) is 19.2 Å². The average Bonchev–Trinajstić information content (AvgIpc) is 2.85. The van der Waals surface area contributed by atoms with Crippen molar-refractivity contribution in [2.75, 3.05) is 6.26 Å². The number of hydrogen-bond acceptors (Lipinski definition) is 5. The zero-order valence-electron chi connectivity index (χ0n) is 12.5. The number of para-hydroxylation sites is 1. The second-order valence-corrected chi connectivity index (χ2v) is 5.62. The van der Waals surface area contributed by atoms with Crippen LogP contribution in [-0.4, -0.2) is 31.9 Å². The monoisotopic (exact) mass is 313 g/mol. The molecule has 0 spiro atoms. The standard InChI is InChI=1S/C15H15N5OS/c1-10-14(21)20(15(22-3)18-17-10)16-8-11-9-19(2)13-7-5-4-6-12(11)13/h4-9H,1-3H3/b16-8-. The van der Waals surface area contributed by atoms with E-state index in [2.05, 4.69) is 15.3 Å². The van der Waals surface area contributed by atoms with E-state index in [4.69, 9.17) is 0 Å². The summed E-state index contributed by atoms with van der Waals surface area (Å²) in [5.41, 5.74) is 2.14. The molecule has 1 aromatic carbocycles. The Kier molecular flexibility index (Phi) is 3.81. The Hall–Kier alpha value is -2.41. The van der Waals surface area contributed by atoms with Crippen LogP contribution >= 0.6 is 11.8 Å². The van der Waals surface area contributed by atoms with E-state index in [1.165, 1.54) is 16.4 Å². The van der Waals surface area contributed by atoms with Gasteiger partial charge in [-0.2, -0.15) is 9.78 Å². The first-order valence-corrected chi connectivity index (χ1v) is 7.93. The van der Waals surface area contributed by atoms with Crippen LogP contribution in [0.5, 0.6) is 0 Å². The lowest BCUT2D eigenvalue weighted by Crippen LogP contribution is -2.23. The fraction of sp³-hybridized carbons (Fsp3) is 0.200. The van der Waals surface area contributed by atoms with Gasteiger partial charge in [0.2, 0.25) is 5.16 Å². The quantitative estimate of drug-likeness (QED) is 0.548. The fourth-order valence-electron chi connectivity index (χ4n) is 2.27. The average molecular weight is 313 g/mol. The maximum Gasteiger partial charge on any atom is 0.296 e. The largest absolute Gasteiger partial charge is 0.350 e. The summed E-state index contributed by atoms with van der Waals surface area (Å²) in [5, 5.41) is 13.7. The molecule has 3 aromatic rings. The predicted octanol–water partition coefficient (Wildman–Crippen LogP) is 2.04. The molecule has 0 fully saturated rings. The molecule has 2 heterocycles. The van der Waals surface area contributed by atoms with E-state index < -0.39 is 0 Å². The molecule has 0 unspecified atom stereocenters. The van der Waals surface area contributed by atoms with Gasteiger partial charge in [0.15, 0.2) is 0 Å². The third-order valence-electron chi connectivity index (χ3n) is 3.39. The SMILES string of the molecule is CSc1nnc(C)c(=O)n1/N=C\c1cn(C)c2ccccc12. The molecule has 0 saturated heterocycles. The number of aryl methyl sites for hydroxylation is 2. The summed E-state index contributed by atoms with van der Waals surface area (Å²) in [4.78, 5) is 12.2. The first-order chi connectivity index (χ1) is 10.6. The molecule has 6 nitrogen and oxygen atoms in total. The lowest BCUT2D eigenvalue weighted by Gasteiger charge is -2.03. The summed E-state index contributed by atoms with van der Waals surface area (Å²) >= 11 is 1.33. The van der Waals surface area contributed by atoms with Crippen LogP contribution in [0.2, 0.25) is 0 Å². The van der Waals surface area contributed by atoms with Gasteiger partial charge in [0.1, 0.15) is 5.69 Å². The Balaban J connectivity index is 2.11. The molecule has 0 saturated carbocycles. The zero-order chi connectivity index (χ0) is 15.7. The number of benzene rings is 1. The van der Waals surface area contributed by atoms with E-state index in [0.29, 0.717) is 10.9 Å². The topological polar surface area (TPSA) is 65.1 Å². The van der Waals surface area contributed by atoms with Crippen molar-refractivity contribution in [3.63, 3.8) is 0 Å². The van der Waals surface area contributed by atoms with E-state index >= 15 is 0 Å². The molecule has 2 aromatic heterocycles. The van der Waals surface area contributed by atoms with Crippen LogP contribution in [0, 0.1) is 6.92 Å². The summed E-state index contributed by atoms with van der Waals surface area (Å²) in [6.07, 6.45) is 5.51. The predicted molar refractivity (Wildman–Crippen MR) is 88.7 cm³/mol. The summed E-state index contributed by atoms with van der Waals surface area (Å²) in [5.74, 6) is 0. The Morgan fingerprint density at radius 2 is 2.05 bits per heavy atom. The highest BCUT2D eigenvalue weighted by Crippen LogP contribution is 2.18. The van der Waals surface area contributed by atoms with Crippen molar-refractivity contribution >= 4 is 28.9 Å². The van der Waals surface area contributed by atoms with E-state index in [1.54, 1.807) is 13.1 Å². The maximum absolute atomic E-state index is 12.2. The van der Waals surface area contributed by atoms with Crippen molar-refractivity contribution in [2.45, 2.75) is 12.1 Å². The third-order valence-corrected chi connectivity index (χ3v) is 4.01. The molecule has 0 aliphatic carbocycles. The van der Waals surface area contributed by atoms with Gasteiger partial charge in [-0.3, -0.25) is 4.79 Å². The van der Waals surface area contributed by atoms with Crippen LogP contribution in [0.15, 0.2) is 45.5 Å². The van der Waals surface area contributed by atoms with Gasteiger partial charge >= 0.3 is 0 Å². The minimum atomic E-state index is -0.254. The van der Waals surface area contributed by atoms with Crippen LogP contribution < -0.4 is 5.56 Å². The van der Waals surface area contributed by atoms with Gasteiger partial charge in [-0.1, -0.05) is 30.0 Å². The van der Waals surface area contributed by atoms with Crippen LogP contribution in [0.3, 0.4) is 0 Å². The molecule has 0 aliphatic rings. The van der Waals surface area contributed by atoms with E-state index in [-0.39, 0.29) is 5.56 Å². The molecule has 3 rings (SSSR count). The number of rotatable bonds is 3. The normalized spacial score (nSPS) is 11.6. The minimum absolute atomic E-state index is 0.254. The third kappa shape index (κ3) is 2.43. The van der Waals surface area contributed by atoms with Gasteiger partial charge in [0, 0.05) is 29.7 Å². The Morgan fingerprint density at radius 1 is 1.27 bits per heavy atom. The van der Waals surface area contributed by atoms with Crippen molar-refractivity contribution in [3.05, 3.63) is 52.1 Å². The number of thioether (sulfide) groups is 1. The molecule has 22 heavy (non-hydrogen) atoms. The molecule has 0 aliphatic heterocycles. The highest BCUT2D eigenvalue weighted by molar-refractivity contribution is 7.98. The molecular formula is C15H15N5OS. The van der Waals surface area contributed by atoms with Gasteiger partial charge in [0.05, 0.1) is 6.21 Å². The number of aromatic nitrogens is 4. The van der Waals surface area contributed by atoms with Crippen molar-refractivity contribution in [3.8, 4) is 0 Å². The fourth-order valence-corrected chi connectivity index (χ4v) is 2.69. The molecule has 0 amide bonds. The van der Waals surface area contributed by atoms with Crippen molar-refractivity contribution < 1.29 is 0 Å². The van der Waals surface area contributed by atoms with E-state index in [0.717, 1.165) is 16.5 Å². The number of fused-ring (bicyclic) bond motifs is 1. The Morgan fingerprint density at radius 3 is 2.82 bits per heavy atom. The van der Waals surface area contributed by atoms with Gasteiger partial charge in [-0.25, -0.2) is 0 Å². The maximum atomic E-state index is 12.2. The van der Waals surface area contributed by atoms with Crippen LogP contribution in [0.25, 0.3) is 10.9 Å². The summed E-state index contributed by atoms with van der Waals surface area (Å²) in [6.45, 7) is 1.63. The second kappa shape index (κ2) is 5.76. The zero-order valence-corrected chi connectivity index (χ0v) is 13.3. The van der Waals surface area contributed by atoms with Gasteiger partial charge < -0.3 is 4.57 Å². The second-order valence-electron chi connectivity index (χ2n) is 4.85. The Bertz CT molecular complexity index is 925. The smallest absolute Gasteiger partial charge is 0.296 e.